The third-order valence-electron chi connectivity index (χ3n) is 3.71. The van der Waals surface area contributed by atoms with Gasteiger partial charge in [0.1, 0.15) is 0 Å². The van der Waals surface area contributed by atoms with Gasteiger partial charge in [-0.1, -0.05) is 60.7 Å². The molecule has 0 spiro atoms. The van der Waals surface area contributed by atoms with E-state index in [2.05, 4.69) is 60.7 Å². The van der Waals surface area contributed by atoms with Crippen molar-refractivity contribution in [2.45, 2.75) is 6.04 Å². The highest BCUT2D eigenvalue weighted by molar-refractivity contribution is 7.73. The van der Waals surface area contributed by atoms with E-state index in [1.165, 1.54) is 10.6 Å². The Bertz CT molecular complexity index is 499. The van der Waals surface area contributed by atoms with Gasteiger partial charge in [-0.25, -0.2) is 0 Å². The van der Waals surface area contributed by atoms with Crippen LogP contribution in [0.3, 0.4) is 0 Å². The van der Waals surface area contributed by atoms with Crippen LogP contribution in [0, 0.1) is 0 Å². The second-order valence-corrected chi connectivity index (χ2v) is 10.3. The van der Waals surface area contributed by atoms with Crippen molar-refractivity contribution in [3.8, 4) is 0 Å². The third-order valence-corrected chi connectivity index (χ3v) is 9.37. The highest BCUT2D eigenvalue weighted by atomic mass is 31.1. The molecule has 0 bridgehead atoms. The molecule has 3 nitrogen and oxygen atoms in total. The largest absolute Gasteiger partial charge is 0.500 e. The number of benzene rings is 2. The second kappa shape index (κ2) is 8.56. The second-order valence-electron chi connectivity index (χ2n) is 4.87. The normalized spacial score (nSPS) is 11.8. The molecule has 0 heterocycles. The standard InChI is InChI=1S/C17H23O3PSi/c1-18-22(19-2,20-3)15-14-21(16-10-6-4-7-11-16)17-12-8-5-9-13-17/h4-13H,14-15H2,1-3H3. The van der Waals surface area contributed by atoms with Crippen LogP contribution < -0.4 is 10.6 Å². The maximum absolute atomic E-state index is 5.56. The lowest BCUT2D eigenvalue weighted by molar-refractivity contribution is 0.125. The smallest absolute Gasteiger partial charge is 0.377 e. The minimum Gasteiger partial charge on any atom is -0.377 e. The first-order valence-electron chi connectivity index (χ1n) is 7.28. The molecule has 0 unspecified atom stereocenters. The fraction of sp³-hybridized carbons (Fsp3) is 0.294. The van der Waals surface area contributed by atoms with Crippen molar-refractivity contribution in [2.24, 2.45) is 0 Å². The van der Waals surface area contributed by atoms with E-state index in [0.29, 0.717) is 0 Å². The van der Waals surface area contributed by atoms with Crippen molar-refractivity contribution in [3.05, 3.63) is 60.7 Å². The van der Waals surface area contributed by atoms with Gasteiger partial charge in [0.25, 0.3) is 0 Å². The summed E-state index contributed by atoms with van der Waals surface area (Å²) in [5, 5.41) is 2.74. The van der Waals surface area contributed by atoms with Crippen LogP contribution >= 0.6 is 7.92 Å². The maximum Gasteiger partial charge on any atom is 0.500 e. The Balaban J connectivity index is 2.23. The Morgan fingerprint density at radius 1 is 0.727 bits per heavy atom. The van der Waals surface area contributed by atoms with E-state index >= 15 is 0 Å². The molecule has 0 aromatic heterocycles. The molecule has 0 atom stereocenters. The molecule has 5 heteroatoms. The molecule has 2 aromatic carbocycles. The molecule has 2 aromatic rings. The van der Waals surface area contributed by atoms with Crippen molar-refractivity contribution in [3.63, 3.8) is 0 Å². The fourth-order valence-corrected chi connectivity index (χ4v) is 7.41. The predicted octanol–water partition coefficient (Wildman–Crippen LogP) is 3.00. The summed E-state index contributed by atoms with van der Waals surface area (Å²) in [6.07, 6.45) is 0.991. The van der Waals surface area contributed by atoms with Crippen LogP contribution in [-0.4, -0.2) is 36.3 Å². The highest BCUT2D eigenvalue weighted by Crippen LogP contribution is 2.36. The first-order chi connectivity index (χ1) is 10.7. The van der Waals surface area contributed by atoms with Crippen molar-refractivity contribution in [1.29, 1.82) is 0 Å². The van der Waals surface area contributed by atoms with Crippen LogP contribution in [0.4, 0.5) is 0 Å². The van der Waals surface area contributed by atoms with E-state index in [4.69, 9.17) is 13.3 Å². The van der Waals surface area contributed by atoms with E-state index in [-0.39, 0.29) is 0 Å². The summed E-state index contributed by atoms with van der Waals surface area (Å²) in [4.78, 5) is 0. The summed E-state index contributed by atoms with van der Waals surface area (Å²) in [5.74, 6) is 0. The van der Waals surface area contributed by atoms with Crippen molar-refractivity contribution in [1.82, 2.24) is 0 Å². The van der Waals surface area contributed by atoms with Crippen molar-refractivity contribution in [2.75, 3.05) is 27.5 Å². The Morgan fingerprint density at radius 2 is 1.14 bits per heavy atom. The molecular formula is C17H23O3PSi. The van der Waals surface area contributed by atoms with Gasteiger partial charge in [-0.15, -0.1) is 0 Å². The van der Waals surface area contributed by atoms with Gasteiger partial charge >= 0.3 is 8.80 Å². The maximum atomic E-state index is 5.56. The first kappa shape index (κ1) is 17.3. The zero-order chi connectivity index (χ0) is 15.8. The fourth-order valence-electron chi connectivity index (χ4n) is 2.43. The lowest BCUT2D eigenvalue weighted by Gasteiger charge is -2.27. The minimum atomic E-state index is -2.53. The topological polar surface area (TPSA) is 27.7 Å². The molecule has 0 aliphatic carbocycles. The van der Waals surface area contributed by atoms with Gasteiger partial charge in [0.15, 0.2) is 0 Å². The first-order valence-corrected chi connectivity index (χ1v) is 10.7. The summed E-state index contributed by atoms with van der Waals surface area (Å²) >= 11 is 0. The van der Waals surface area contributed by atoms with Crippen LogP contribution in [0.25, 0.3) is 0 Å². The molecule has 0 aliphatic rings. The summed E-state index contributed by atoms with van der Waals surface area (Å²) in [6.45, 7) is 0. The van der Waals surface area contributed by atoms with Crippen LogP contribution in [0.1, 0.15) is 0 Å². The zero-order valence-corrected chi connectivity index (χ0v) is 15.3. The molecule has 0 saturated heterocycles. The molecule has 22 heavy (non-hydrogen) atoms. The SMILES string of the molecule is CO[Si](CCP(c1ccccc1)c1ccccc1)(OC)OC. The molecule has 118 valence electrons. The van der Waals surface area contributed by atoms with E-state index in [1.54, 1.807) is 21.3 Å². The van der Waals surface area contributed by atoms with Gasteiger partial charge in [0, 0.05) is 27.4 Å². The van der Waals surface area contributed by atoms with Crippen molar-refractivity contribution >= 4 is 27.3 Å². The van der Waals surface area contributed by atoms with Crippen LogP contribution in [0.5, 0.6) is 0 Å². The number of rotatable bonds is 8. The Labute approximate surface area is 135 Å². The van der Waals surface area contributed by atoms with Crippen LogP contribution in [-0.2, 0) is 13.3 Å². The molecule has 0 N–H and O–H groups in total. The van der Waals surface area contributed by atoms with Gasteiger partial charge in [0.05, 0.1) is 0 Å². The molecule has 0 aliphatic heterocycles. The van der Waals surface area contributed by atoms with Gasteiger partial charge in [-0.3, -0.25) is 0 Å². The monoisotopic (exact) mass is 334 g/mol. The number of hydrogen-bond donors (Lipinski definition) is 0. The van der Waals surface area contributed by atoms with Gasteiger partial charge < -0.3 is 13.3 Å². The summed E-state index contributed by atoms with van der Waals surface area (Å²) in [5.41, 5.74) is 0. The Hall–Kier alpha value is -1.03. The zero-order valence-electron chi connectivity index (χ0n) is 13.4. The third kappa shape index (κ3) is 4.25. The average molecular weight is 334 g/mol. The lowest BCUT2D eigenvalue weighted by atomic mass is 10.4. The predicted molar refractivity (Wildman–Crippen MR) is 95.5 cm³/mol. The van der Waals surface area contributed by atoms with Gasteiger partial charge in [0.2, 0.25) is 0 Å². The summed E-state index contributed by atoms with van der Waals surface area (Å²) in [7, 11) is 2.05. The summed E-state index contributed by atoms with van der Waals surface area (Å²) in [6, 6.07) is 22.1. The average Bonchev–Trinajstić information content (AvgIpc) is 2.61. The molecule has 2 rings (SSSR count). The minimum absolute atomic E-state index is 0.438. The molecule has 0 saturated carbocycles. The van der Waals surface area contributed by atoms with E-state index in [1.807, 2.05) is 0 Å². The quantitative estimate of drug-likeness (QED) is 0.549. The number of hydrogen-bond acceptors (Lipinski definition) is 3. The van der Waals surface area contributed by atoms with Gasteiger partial charge in [-0.05, 0) is 24.7 Å². The lowest BCUT2D eigenvalue weighted by Crippen LogP contribution is -2.43. The molecule has 0 fully saturated rings. The van der Waals surface area contributed by atoms with E-state index in [0.717, 1.165) is 12.2 Å². The van der Waals surface area contributed by atoms with Crippen LogP contribution in [0.15, 0.2) is 60.7 Å². The van der Waals surface area contributed by atoms with E-state index < -0.39 is 16.7 Å². The Kier molecular flexibility index (Phi) is 6.74. The highest BCUT2D eigenvalue weighted by Gasteiger charge is 2.38. The van der Waals surface area contributed by atoms with Crippen LogP contribution in [0.2, 0.25) is 6.04 Å². The van der Waals surface area contributed by atoms with E-state index in [9.17, 15) is 0 Å². The molecular weight excluding hydrogens is 311 g/mol. The molecule has 0 amide bonds. The summed E-state index contributed by atoms with van der Waals surface area (Å²) < 4.78 is 16.7. The Morgan fingerprint density at radius 3 is 1.50 bits per heavy atom. The van der Waals surface area contributed by atoms with Gasteiger partial charge in [-0.2, -0.15) is 0 Å². The molecule has 0 radical (unpaired) electrons. The van der Waals surface area contributed by atoms with Crippen molar-refractivity contribution < 1.29 is 13.3 Å².